The summed E-state index contributed by atoms with van der Waals surface area (Å²) in [6, 6.07) is 6.64. The largest absolute Gasteiger partial charge is 0.497 e. The van der Waals surface area contributed by atoms with Gasteiger partial charge < -0.3 is 9.47 Å². The second-order valence-electron chi connectivity index (χ2n) is 4.26. The molecule has 0 aliphatic heterocycles. The van der Waals surface area contributed by atoms with Gasteiger partial charge in [0, 0.05) is 12.0 Å². The van der Waals surface area contributed by atoms with Crippen LogP contribution >= 0.6 is 0 Å². The highest BCUT2D eigenvalue weighted by Gasteiger charge is 2.27. The molecule has 0 spiro atoms. The molecule has 0 aliphatic rings. The Kier molecular flexibility index (Phi) is 6.31. The zero-order valence-corrected chi connectivity index (χ0v) is 11.7. The summed E-state index contributed by atoms with van der Waals surface area (Å²) < 4.78 is 9.73. The number of methoxy groups -OCH3 is 2. The molecule has 0 heterocycles. The van der Waals surface area contributed by atoms with Crippen molar-refractivity contribution in [3.05, 3.63) is 29.8 Å². The van der Waals surface area contributed by atoms with E-state index in [1.807, 2.05) is 0 Å². The summed E-state index contributed by atoms with van der Waals surface area (Å²) in [5.74, 6) is 1.57. The molecule has 0 saturated heterocycles. The molecule has 0 aliphatic carbocycles. The summed E-state index contributed by atoms with van der Waals surface area (Å²) in [5.41, 5.74) is 0.460. The van der Waals surface area contributed by atoms with Crippen molar-refractivity contribution in [2.75, 3.05) is 14.2 Å². The molecule has 1 rings (SSSR count). The number of benzene rings is 1. The maximum Gasteiger partial charge on any atom is 0.316 e. The van der Waals surface area contributed by atoms with Crippen LogP contribution in [0.2, 0.25) is 0 Å². The molecule has 1 aromatic rings. The molecule has 0 radical (unpaired) electrons. The molecule has 0 aromatic heterocycles. The molecule has 4 nitrogen and oxygen atoms in total. The molecule has 106 valence electrons. The van der Waals surface area contributed by atoms with Gasteiger partial charge in [-0.1, -0.05) is 0 Å². The van der Waals surface area contributed by atoms with Crippen molar-refractivity contribution in [3.8, 4) is 18.1 Å². The third kappa shape index (κ3) is 4.13. The lowest BCUT2D eigenvalue weighted by molar-refractivity contribution is -0.143. The van der Waals surface area contributed by atoms with Crippen molar-refractivity contribution < 1.29 is 19.1 Å². The van der Waals surface area contributed by atoms with Gasteiger partial charge in [0.2, 0.25) is 0 Å². The van der Waals surface area contributed by atoms with E-state index < -0.39 is 11.9 Å². The summed E-state index contributed by atoms with van der Waals surface area (Å²) in [6.45, 7) is 0. The zero-order valence-electron chi connectivity index (χ0n) is 11.7. The normalized spacial score (nSPS) is 11.2. The van der Waals surface area contributed by atoms with Crippen LogP contribution in [0.1, 0.15) is 29.6 Å². The number of ether oxygens (including phenoxy) is 2. The number of unbranched alkanes of at least 4 members (excludes halogenated alkanes) is 1. The monoisotopic (exact) mass is 274 g/mol. The number of ketones is 1. The maximum absolute atomic E-state index is 12.3. The van der Waals surface area contributed by atoms with Gasteiger partial charge in [-0.25, -0.2) is 0 Å². The highest BCUT2D eigenvalue weighted by atomic mass is 16.5. The summed E-state index contributed by atoms with van der Waals surface area (Å²) in [6.07, 6.45) is 6.71. The van der Waals surface area contributed by atoms with Crippen LogP contribution in [0.3, 0.4) is 0 Å². The molecule has 4 heteroatoms. The van der Waals surface area contributed by atoms with E-state index in [2.05, 4.69) is 5.92 Å². The van der Waals surface area contributed by atoms with Crippen LogP contribution < -0.4 is 4.74 Å². The first-order chi connectivity index (χ1) is 9.63. The van der Waals surface area contributed by atoms with E-state index in [-0.39, 0.29) is 5.78 Å². The predicted octanol–water partition coefficient (Wildman–Crippen LogP) is 2.47. The molecule has 0 saturated carbocycles. The SMILES string of the molecule is C#CCCCC(C(=O)OC)C(=O)c1ccc(OC)cc1. The van der Waals surface area contributed by atoms with Gasteiger partial charge >= 0.3 is 5.97 Å². The van der Waals surface area contributed by atoms with Crippen LogP contribution in [-0.4, -0.2) is 26.0 Å². The third-order valence-electron chi connectivity index (χ3n) is 2.99. The molecular formula is C16H18O4. The quantitative estimate of drug-likeness (QED) is 0.252. The Bertz CT molecular complexity index is 496. The number of Topliss-reactive ketones (excluding diaryl/α,β-unsaturated/α-hetero) is 1. The molecule has 0 fully saturated rings. The molecule has 1 atom stereocenters. The molecular weight excluding hydrogens is 256 g/mol. The predicted molar refractivity (Wildman–Crippen MR) is 75.5 cm³/mol. The number of hydrogen-bond acceptors (Lipinski definition) is 4. The number of terminal acetylenes is 1. The number of carbonyl (C=O) groups is 2. The van der Waals surface area contributed by atoms with Gasteiger partial charge in [-0.2, -0.15) is 0 Å². The lowest BCUT2D eigenvalue weighted by atomic mass is 9.92. The standard InChI is InChI=1S/C16H18O4/c1-4-5-6-7-14(16(18)20-3)15(17)12-8-10-13(19-2)11-9-12/h1,8-11,14H,5-7H2,2-3H3. The van der Waals surface area contributed by atoms with Crippen LogP contribution in [0.4, 0.5) is 0 Å². The fourth-order valence-corrected chi connectivity index (χ4v) is 1.86. The molecule has 0 N–H and O–H groups in total. The minimum absolute atomic E-state index is 0.253. The topological polar surface area (TPSA) is 52.6 Å². The number of carbonyl (C=O) groups excluding carboxylic acids is 2. The van der Waals surface area contributed by atoms with E-state index >= 15 is 0 Å². The summed E-state index contributed by atoms with van der Waals surface area (Å²) in [5, 5.41) is 0. The third-order valence-corrected chi connectivity index (χ3v) is 2.99. The Morgan fingerprint density at radius 2 is 1.90 bits per heavy atom. The van der Waals surface area contributed by atoms with Crippen molar-refractivity contribution in [2.24, 2.45) is 5.92 Å². The van der Waals surface area contributed by atoms with Crippen LogP contribution in [0.15, 0.2) is 24.3 Å². The van der Waals surface area contributed by atoms with Crippen LogP contribution in [0.5, 0.6) is 5.75 Å². The van der Waals surface area contributed by atoms with Crippen molar-refractivity contribution in [1.29, 1.82) is 0 Å². The molecule has 1 unspecified atom stereocenters. The van der Waals surface area contributed by atoms with Gasteiger partial charge in [-0.3, -0.25) is 9.59 Å². The number of esters is 1. The van der Waals surface area contributed by atoms with Gasteiger partial charge in [0.25, 0.3) is 0 Å². The van der Waals surface area contributed by atoms with Crippen molar-refractivity contribution in [2.45, 2.75) is 19.3 Å². The van der Waals surface area contributed by atoms with Crippen molar-refractivity contribution in [3.63, 3.8) is 0 Å². The molecule has 20 heavy (non-hydrogen) atoms. The van der Waals surface area contributed by atoms with Gasteiger partial charge in [0.15, 0.2) is 5.78 Å². The Balaban J connectivity index is 2.85. The lowest BCUT2D eigenvalue weighted by Gasteiger charge is -2.13. The number of rotatable bonds is 7. The summed E-state index contributed by atoms with van der Waals surface area (Å²) >= 11 is 0. The van der Waals surface area contributed by atoms with Crippen LogP contribution in [0.25, 0.3) is 0 Å². The minimum atomic E-state index is -0.804. The second kappa shape index (κ2) is 8.00. The molecule has 0 bridgehead atoms. The highest BCUT2D eigenvalue weighted by Crippen LogP contribution is 2.19. The molecule has 1 aromatic carbocycles. The first-order valence-electron chi connectivity index (χ1n) is 6.33. The second-order valence-corrected chi connectivity index (χ2v) is 4.26. The smallest absolute Gasteiger partial charge is 0.316 e. The van der Waals surface area contributed by atoms with Crippen molar-refractivity contribution >= 4 is 11.8 Å². The first kappa shape index (κ1) is 15.8. The van der Waals surface area contributed by atoms with E-state index in [0.29, 0.717) is 30.6 Å². The van der Waals surface area contributed by atoms with Gasteiger partial charge in [-0.05, 0) is 37.1 Å². The van der Waals surface area contributed by atoms with Crippen molar-refractivity contribution in [1.82, 2.24) is 0 Å². The maximum atomic E-state index is 12.3. The first-order valence-corrected chi connectivity index (χ1v) is 6.33. The van der Waals surface area contributed by atoms with Crippen LogP contribution in [-0.2, 0) is 9.53 Å². The Morgan fingerprint density at radius 3 is 2.40 bits per heavy atom. The average Bonchev–Trinajstić information content (AvgIpc) is 2.50. The van der Waals surface area contributed by atoms with Gasteiger partial charge in [0.1, 0.15) is 11.7 Å². The Labute approximate surface area is 119 Å². The average molecular weight is 274 g/mol. The van der Waals surface area contributed by atoms with E-state index in [1.54, 1.807) is 31.4 Å². The van der Waals surface area contributed by atoms with Gasteiger partial charge in [0.05, 0.1) is 14.2 Å². The zero-order chi connectivity index (χ0) is 15.0. The lowest BCUT2D eigenvalue weighted by Crippen LogP contribution is -2.25. The van der Waals surface area contributed by atoms with Crippen LogP contribution in [0, 0.1) is 18.3 Å². The Morgan fingerprint density at radius 1 is 1.25 bits per heavy atom. The molecule has 0 amide bonds. The van der Waals surface area contributed by atoms with Gasteiger partial charge in [-0.15, -0.1) is 12.3 Å². The summed E-state index contributed by atoms with van der Waals surface area (Å²) in [7, 11) is 2.83. The minimum Gasteiger partial charge on any atom is -0.497 e. The van der Waals surface area contributed by atoms with E-state index in [4.69, 9.17) is 15.9 Å². The van der Waals surface area contributed by atoms with E-state index in [1.165, 1.54) is 7.11 Å². The highest BCUT2D eigenvalue weighted by molar-refractivity contribution is 6.08. The fraction of sp³-hybridized carbons (Fsp3) is 0.375. The Hall–Kier alpha value is -2.28. The number of hydrogen-bond donors (Lipinski definition) is 0. The van der Waals surface area contributed by atoms with E-state index in [0.717, 1.165) is 0 Å². The fourth-order valence-electron chi connectivity index (χ4n) is 1.86. The van der Waals surface area contributed by atoms with E-state index in [9.17, 15) is 9.59 Å². The summed E-state index contributed by atoms with van der Waals surface area (Å²) in [4.78, 5) is 24.1.